The third-order valence-corrected chi connectivity index (χ3v) is 6.34. The van der Waals surface area contributed by atoms with Crippen molar-refractivity contribution in [1.29, 1.82) is 10.7 Å². The number of nitrogens with one attached hydrogen (secondary N) is 1. The van der Waals surface area contributed by atoms with E-state index < -0.39 is 52.9 Å². The summed E-state index contributed by atoms with van der Waals surface area (Å²) in [6, 6.07) is 1.57. The van der Waals surface area contributed by atoms with Crippen LogP contribution >= 0.6 is 0 Å². The minimum absolute atomic E-state index is 0.0290. The number of alkyl halides is 6. The number of halogens is 6. The van der Waals surface area contributed by atoms with Crippen molar-refractivity contribution in [3.05, 3.63) is 5.62 Å². The summed E-state index contributed by atoms with van der Waals surface area (Å²) >= 11 is 0. The van der Waals surface area contributed by atoms with Crippen molar-refractivity contribution >= 4 is 19.7 Å². The van der Waals surface area contributed by atoms with Crippen molar-refractivity contribution in [2.45, 2.75) is 40.5 Å². The summed E-state index contributed by atoms with van der Waals surface area (Å²) in [7, 11) is -12.6. The van der Waals surface area contributed by atoms with Crippen molar-refractivity contribution in [2.24, 2.45) is 7.05 Å². The van der Waals surface area contributed by atoms with Crippen LogP contribution in [-0.4, -0.2) is 37.0 Å². The number of unbranched alkanes of at least 4 members (excludes halogenated alkanes) is 1. The normalized spacial score (nSPS) is 13.6. The highest BCUT2D eigenvalue weighted by Gasteiger charge is 2.57. The number of nitriles is 1. The van der Waals surface area contributed by atoms with E-state index in [0.717, 1.165) is 0 Å². The third kappa shape index (κ3) is 3.45. The molecule has 0 amide bonds. The summed E-state index contributed by atoms with van der Waals surface area (Å²) < 4.78 is 124. The van der Waals surface area contributed by atoms with Gasteiger partial charge in [0.25, 0.3) is 19.7 Å². The third-order valence-electron chi connectivity index (χ3n) is 3.09. The van der Waals surface area contributed by atoms with E-state index in [1.165, 1.54) is 0 Å². The van der Waals surface area contributed by atoms with Crippen LogP contribution in [0.3, 0.4) is 0 Å². The number of nitrogens with zero attached hydrogens (tertiary/aromatic N) is 3. The lowest BCUT2D eigenvalue weighted by atomic mass is 10.3. The Kier molecular flexibility index (Phi) is 5.60. The number of imidazole rings is 1. The van der Waals surface area contributed by atoms with E-state index in [4.69, 9.17) is 10.7 Å². The topological polar surface area (TPSA) is 126 Å². The van der Waals surface area contributed by atoms with E-state index in [2.05, 4.69) is 0 Å². The van der Waals surface area contributed by atoms with Crippen molar-refractivity contribution in [2.75, 3.05) is 0 Å². The molecule has 0 aromatic carbocycles. The zero-order valence-electron chi connectivity index (χ0n) is 12.7. The Balaban J connectivity index is 4.04. The molecular formula is C10H10F6N4O4S2. The van der Waals surface area contributed by atoms with Crippen molar-refractivity contribution in [3.63, 3.8) is 0 Å². The van der Waals surface area contributed by atoms with Gasteiger partial charge in [-0.1, -0.05) is 0 Å². The standard InChI is InChI=1S/C10H10F6N4O4S2/c1-19-6(25(21,22)9(11,12)13)7(26(23,24)10(14,15)16)20(8(19)18)5-3-2-4-17/h18H,2-3,5H2,1H3. The van der Waals surface area contributed by atoms with Crippen LogP contribution in [0.1, 0.15) is 12.8 Å². The van der Waals surface area contributed by atoms with Gasteiger partial charge in [-0.25, -0.2) is 16.8 Å². The fraction of sp³-hybridized carbons (Fsp3) is 0.600. The number of aromatic nitrogens is 2. The van der Waals surface area contributed by atoms with Crippen LogP contribution in [0.5, 0.6) is 0 Å². The highest BCUT2D eigenvalue weighted by molar-refractivity contribution is 7.95. The summed E-state index contributed by atoms with van der Waals surface area (Å²) in [6.45, 7) is -0.793. The second-order valence-corrected chi connectivity index (χ2v) is 8.52. The van der Waals surface area contributed by atoms with Crippen molar-refractivity contribution < 1.29 is 43.2 Å². The molecule has 1 N–H and O–H groups in total. The summed E-state index contributed by atoms with van der Waals surface area (Å²) in [5, 5.41) is 11.5. The monoisotopic (exact) mass is 428 g/mol. The van der Waals surface area contributed by atoms with Crippen LogP contribution in [0, 0.1) is 16.7 Å². The molecule has 0 aliphatic carbocycles. The summed E-state index contributed by atoms with van der Waals surface area (Å²) in [5.41, 5.74) is -13.5. The van der Waals surface area contributed by atoms with Crippen LogP contribution in [-0.2, 0) is 33.3 Å². The highest BCUT2D eigenvalue weighted by atomic mass is 32.2. The molecule has 1 heterocycles. The molecule has 0 saturated heterocycles. The summed E-state index contributed by atoms with van der Waals surface area (Å²) in [6.07, 6.45) is -0.656. The highest BCUT2D eigenvalue weighted by Crippen LogP contribution is 2.38. The molecule has 1 aromatic rings. The van der Waals surface area contributed by atoms with Gasteiger partial charge in [-0.2, -0.15) is 31.6 Å². The Hall–Kier alpha value is -2.02. The average molecular weight is 428 g/mol. The van der Waals surface area contributed by atoms with Gasteiger partial charge in [-0.15, -0.1) is 0 Å². The molecular weight excluding hydrogens is 418 g/mol. The fourth-order valence-electron chi connectivity index (χ4n) is 1.93. The average Bonchev–Trinajstić information content (AvgIpc) is 2.70. The number of hydrogen-bond donors (Lipinski definition) is 1. The summed E-state index contributed by atoms with van der Waals surface area (Å²) in [4.78, 5) is 0. The molecule has 148 valence electrons. The molecule has 16 heteroatoms. The van der Waals surface area contributed by atoms with E-state index >= 15 is 0 Å². The van der Waals surface area contributed by atoms with Gasteiger partial charge in [-0.05, 0) is 6.42 Å². The van der Waals surface area contributed by atoms with Gasteiger partial charge in [-0.3, -0.25) is 5.41 Å². The largest absolute Gasteiger partial charge is 0.503 e. The minimum atomic E-state index is -6.56. The number of sulfone groups is 2. The van der Waals surface area contributed by atoms with E-state index in [-0.39, 0.29) is 22.0 Å². The second-order valence-electron chi connectivity index (χ2n) is 4.80. The second kappa shape index (κ2) is 6.61. The molecule has 0 spiro atoms. The lowest BCUT2D eigenvalue weighted by Crippen LogP contribution is -2.31. The Morgan fingerprint density at radius 1 is 1.00 bits per heavy atom. The maximum atomic E-state index is 12.9. The quantitative estimate of drug-likeness (QED) is 0.557. The molecule has 0 aliphatic heterocycles. The maximum absolute atomic E-state index is 12.9. The van der Waals surface area contributed by atoms with Gasteiger partial charge >= 0.3 is 11.0 Å². The number of hydrogen-bond acceptors (Lipinski definition) is 6. The number of rotatable bonds is 5. The first kappa shape index (κ1) is 22.0. The molecule has 0 aliphatic rings. The van der Waals surface area contributed by atoms with Gasteiger partial charge in [0.05, 0.1) is 6.07 Å². The first-order chi connectivity index (χ1) is 11.5. The van der Waals surface area contributed by atoms with Gasteiger partial charge in [0.2, 0.25) is 5.62 Å². The van der Waals surface area contributed by atoms with E-state index in [1.807, 2.05) is 0 Å². The Labute approximate surface area is 142 Å². The fourth-order valence-corrected chi connectivity index (χ4v) is 4.65. The Bertz CT molecular complexity index is 1010. The van der Waals surface area contributed by atoms with Crippen LogP contribution in [0.15, 0.2) is 10.1 Å². The van der Waals surface area contributed by atoms with Crippen LogP contribution in [0.2, 0.25) is 0 Å². The SMILES string of the molecule is Cn1c(S(=O)(=O)C(F)(F)F)c(S(=O)(=O)C(F)(F)F)n(CCCC#N)c1=N. The predicted octanol–water partition coefficient (Wildman–Crippen LogP) is 1.20. The smallest absolute Gasteiger partial charge is 0.303 e. The van der Waals surface area contributed by atoms with Crippen molar-refractivity contribution in [1.82, 2.24) is 9.13 Å². The van der Waals surface area contributed by atoms with Crippen molar-refractivity contribution in [3.8, 4) is 6.07 Å². The maximum Gasteiger partial charge on any atom is 0.503 e. The van der Waals surface area contributed by atoms with Crippen LogP contribution in [0.25, 0.3) is 0 Å². The lowest BCUT2D eigenvalue weighted by molar-refractivity contribution is -0.0462. The van der Waals surface area contributed by atoms with Crippen LogP contribution in [0.4, 0.5) is 26.3 Å². The molecule has 0 radical (unpaired) electrons. The van der Waals surface area contributed by atoms with Gasteiger partial charge in [0, 0.05) is 20.0 Å². The molecule has 0 fully saturated rings. The molecule has 1 rings (SSSR count). The first-order valence-corrected chi connectivity index (χ1v) is 9.32. The molecule has 8 nitrogen and oxygen atoms in total. The van der Waals surface area contributed by atoms with E-state index in [9.17, 15) is 43.2 Å². The molecule has 0 saturated carbocycles. The minimum Gasteiger partial charge on any atom is -0.303 e. The zero-order chi connectivity index (χ0) is 20.7. The summed E-state index contributed by atoms with van der Waals surface area (Å²) in [5.74, 6) is 0. The first-order valence-electron chi connectivity index (χ1n) is 6.35. The Morgan fingerprint density at radius 2 is 1.42 bits per heavy atom. The van der Waals surface area contributed by atoms with Crippen LogP contribution < -0.4 is 5.62 Å². The van der Waals surface area contributed by atoms with Gasteiger partial charge < -0.3 is 9.13 Å². The van der Waals surface area contributed by atoms with Gasteiger partial charge in [0.15, 0.2) is 10.1 Å². The Morgan fingerprint density at radius 3 is 1.81 bits per heavy atom. The lowest BCUT2D eigenvalue weighted by Gasteiger charge is -2.14. The molecule has 26 heavy (non-hydrogen) atoms. The van der Waals surface area contributed by atoms with E-state index in [0.29, 0.717) is 7.05 Å². The predicted molar refractivity (Wildman–Crippen MR) is 70.6 cm³/mol. The zero-order valence-corrected chi connectivity index (χ0v) is 14.3. The van der Waals surface area contributed by atoms with E-state index in [1.54, 1.807) is 6.07 Å². The molecule has 1 aromatic heterocycles. The van der Waals surface area contributed by atoms with Gasteiger partial charge in [0.1, 0.15) is 0 Å². The molecule has 0 atom stereocenters. The molecule has 0 unspecified atom stereocenters. The molecule has 0 bridgehead atoms.